The van der Waals surface area contributed by atoms with Gasteiger partial charge < -0.3 is 5.32 Å². The number of aryl methyl sites for hydroxylation is 1. The van der Waals surface area contributed by atoms with E-state index >= 15 is 0 Å². The van der Waals surface area contributed by atoms with Gasteiger partial charge in [-0.15, -0.1) is 5.10 Å². The number of hydrogen-bond acceptors (Lipinski definition) is 6. The molecule has 2 aromatic carbocycles. The molecule has 0 fully saturated rings. The topological polar surface area (TPSA) is 116 Å². The Labute approximate surface area is 146 Å². The molecule has 25 heavy (non-hydrogen) atoms. The molecule has 0 saturated heterocycles. The van der Waals surface area contributed by atoms with E-state index in [4.69, 9.17) is 11.6 Å². The standard InChI is InChI=1S/C15H11ClN6O3/c1-21-14(18-19-20-21)9-3-2-4-10(7-9)17-15(23)12-6-5-11(22(24)25)8-13(12)16/h2-8H,1H3,(H,17,23). The van der Waals surface area contributed by atoms with Crippen molar-refractivity contribution in [2.45, 2.75) is 0 Å². The number of nitro benzene ring substituents is 1. The van der Waals surface area contributed by atoms with Gasteiger partial charge in [-0.25, -0.2) is 4.68 Å². The fourth-order valence-corrected chi connectivity index (χ4v) is 2.47. The molecule has 0 atom stereocenters. The van der Waals surface area contributed by atoms with Crippen LogP contribution in [0.4, 0.5) is 11.4 Å². The molecular formula is C15H11ClN6O3. The molecule has 3 rings (SSSR count). The highest BCUT2D eigenvalue weighted by atomic mass is 35.5. The van der Waals surface area contributed by atoms with E-state index in [0.717, 1.165) is 11.6 Å². The Hall–Kier alpha value is -3.33. The highest BCUT2D eigenvalue weighted by Gasteiger charge is 2.15. The second-order valence-electron chi connectivity index (χ2n) is 5.08. The van der Waals surface area contributed by atoms with Gasteiger partial charge in [0, 0.05) is 30.4 Å². The summed E-state index contributed by atoms with van der Waals surface area (Å²) in [6, 6.07) is 10.6. The number of carbonyl (C=O) groups is 1. The van der Waals surface area contributed by atoms with Gasteiger partial charge in [0.1, 0.15) is 0 Å². The molecule has 0 aliphatic heterocycles. The van der Waals surface area contributed by atoms with Gasteiger partial charge in [0.2, 0.25) is 0 Å². The lowest BCUT2D eigenvalue weighted by Gasteiger charge is -2.08. The van der Waals surface area contributed by atoms with Crippen molar-refractivity contribution >= 4 is 28.9 Å². The molecule has 3 aromatic rings. The van der Waals surface area contributed by atoms with Gasteiger partial charge in [-0.2, -0.15) is 0 Å². The largest absolute Gasteiger partial charge is 0.322 e. The maximum Gasteiger partial charge on any atom is 0.270 e. The molecule has 1 N–H and O–H groups in total. The number of benzene rings is 2. The lowest BCUT2D eigenvalue weighted by molar-refractivity contribution is -0.384. The molecular weight excluding hydrogens is 348 g/mol. The maximum atomic E-state index is 12.4. The van der Waals surface area contributed by atoms with E-state index < -0.39 is 10.8 Å². The van der Waals surface area contributed by atoms with Crippen LogP contribution in [-0.4, -0.2) is 31.0 Å². The Balaban J connectivity index is 1.84. The number of non-ortho nitro benzene ring substituents is 1. The van der Waals surface area contributed by atoms with Crippen LogP contribution in [0.5, 0.6) is 0 Å². The monoisotopic (exact) mass is 358 g/mol. The van der Waals surface area contributed by atoms with Gasteiger partial charge in [-0.3, -0.25) is 14.9 Å². The first-order chi connectivity index (χ1) is 12.0. The summed E-state index contributed by atoms with van der Waals surface area (Å²) in [4.78, 5) is 22.5. The van der Waals surface area contributed by atoms with Crippen LogP contribution in [-0.2, 0) is 7.05 Å². The molecule has 1 aromatic heterocycles. The van der Waals surface area contributed by atoms with Crippen LogP contribution in [0, 0.1) is 10.1 Å². The number of anilines is 1. The number of amides is 1. The van der Waals surface area contributed by atoms with Crippen molar-refractivity contribution < 1.29 is 9.72 Å². The van der Waals surface area contributed by atoms with Crippen molar-refractivity contribution in [2.24, 2.45) is 7.05 Å². The third kappa shape index (κ3) is 3.45. The number of rotatable bonds is 4. The van der Waals surface area contributed by atoms with Gasteiger partial charge in [0.05, 0.1) is 15.5 Å². The fraction of sp³-hybridized carbons (Fsp3) is 0.0667. The molecule has 9 nitrogen and oxygen atoms in total. The average molecular weight is 359 g/mol. The number of nitrogens with zero attached hydrogens (tertiary/aromatic N) is 5. The minimum Gasteiger partial charge on any atom is -0.322 e. The minimum absolute atomic E-state index is 0.000329. The Kier molecular flexibility index (Phi) is 4.40. The predicted octanol–water partition coefficient (Wildman–Crippen LogP) is 2.69. The van der Waals surface area contributed by atoms with Gasteiger partial charge >= 0.3 is 0 Å². The highest BCUT2D eigenvalue weighted by molar-refractivity contribution is 6.34. The molecule has 0 aliphatic carbocycles. The van der Waals surface area contributed by atoms with Crippen LogP contribution in [0.3, 0.4) is 0 Å². The van der Waals surface area contributed by atoms with Crippen molar-refractivity contribution in [3.63, 3.8) is 0 Å². The van der Waals surface area contributed by atoms with Crippen LogP contribution in [0.2, 0.25) is 5.02 Å². The Morgan fingerprint density at radius 1 is 1.28 bits per heavy atom. The third-order valence-electron chi connectivity index (χ3n) is 3.41. The molecule has 0 bridgehead atoms. The SMILES string of the molecule is Cn1nnnc1-c1cccc(NC(=O)c2ccc([N+](=O)[O-])cc2Cl)c1. The Morgan fingerprint density at radius 2 is 2.08 bits per heavy atom. The van der Waals surface area contributed by atoms with Crippen LogP contribution < -0.4 is 5.32 Å². The summed E-state index contributed by atoms with van der Waals surface area (Å²) in [5.74, 6) is 0.0672. The van der Waals surface area contributed by atoms with Crippen molar-refractivity contribution in [1.29, 1.82) is 0 Å². The minimum atomic E-state index is -0.577. The van der Waals surface area contributed by atoms with Crippen LogP contribution in [0.15, 0.2) is 42.5 Å². The molecule has 1 heterocycles. The van der Waals surface area contributed by atoms with Crippen molar-refractivity contribution in [3.05, 3.63) is 63.2 Å². The lowest BCUT2D eigenvalue weighted by Crippen LogP contribution is -2.12. The summed E-state index contributed by atoms with van der Waals surface area (Å²) in [6.07, 6.45) is 0. The van der Waals surface area contributed by atoms with Crippen LogP contribution in [0.1, 0.15) is 10.4 Å². The van der Waals surface area contributed by atoms with E-state index in [1.54, 1.807) is 31.3 Å². The summed E-state index contributed by atoms with van der Waals surface area (Å²) in [5.41, 5.74) is 1.19. The molecule has 1 amide bonds. The number of hydrogen-bond donors (Lipinski definition) is 1. The van der Waals surface area contributed by atoms with Crippen molar-refractivity contribution in [3.8, 4) is 11.4 Å². The number of nitrogens with one attached hydrogen (secondary N) is 1. The summed E-state index contributed by atoms with van der Waals surface area (Å²) < 4.78 is 1.51. The predicted molar refractivity (Wildman–Crippen MR) is 90.3 cm³/mol. The van der Waals surface area contributed by atoms with Gasteiger partial charge in [0.25, 0.3) is 11.6 Å². The third-order valence-corrected chi connectivity index (χ3v) is 3.72. The lowest BCUT2D eigenvalue weighted by atomic mass is 10.1. The number of carbonyl (C=O) groups excluding carboxylic acids is 1. The number of halogens is 1. The van der Waals surface area contributed by atoms with E-state index in [0.29, 0.717) is 11.5 Å². The fourth-order valence-electron chi connectivity index (χ4n) is 2.21. The van der Waals surface area contributed by atoms with E-state index in [1.807, 2.05) is 0 Å². The molecule has 126 valence electrons. The van der Waals surface area contributed by atoms with Crippen molar-refractivity contribution in [1.82, 2.24) is 20.2 Å². The molecule has 0 aliphatic rings. The number of nitro groups is 1. The summed E-state index contributed by atoms with van der Waals surface area (Å²) in [5, 5.41) is 24.7. The number of tetrazole rings is 1. The van der Waals surface area contributed by atoms with E-state index in [1.165, 1.54) is 16.8 Å². The maximum absolute atomic E-state index is 12.4. The molecule has 10 heteroatoms. The second kappa shape index (κ2) is 6.65. The second-order valence-corrected chi connectivity index (χ2v) is 5.49. The summed E-state index contributed by atoms with van der Waals surface area (Å²) >= 11 is 5.97. The van der Waals surface area contributed by atoms with Gasteiger partial charge in [-0.05, 0) is 28.6 Å². The zero-order valence-electron chi connectivity index (χ0n) is 12.9. The average Bonchev–Trinajstić information content (AvgIpc) is 3.00. The smallest absolute Gasteiger partial charge is 0.270 e. The Bertz CT molecular complexity index is 971. The van der Waals surface area contributed by atoms with Crippen molar-refractivity contribution in [2.75, 3.05) is 5.32 Å². The first kappa shape index (κ1) is 16.5. The summed E-state index contributed by atoms with van der Waals surface area (Å²) in [6.45, 7) is 0. The quantitative estimate of drug-likeness (QED) is 0.566. The molecule has 0 spiro atoms. The zero-order valence-corrected chi connectivity index (χ0v) is 13.6. The Morgan fingerprint density at radius 3 is 2.72 bits per heavy atom. The van der Waals surface area contributed by atoms with E-state index in [-0.39, 0.29) is 16.3 Å². The van der Waals surface area contributed by atoms with Crippen LogP contribution in [0.25, 0.3) is 11.4 Å². The molecule has 0 unspecified atom stereocenters. The van der Waals surface area contributed by atoms with Gasteiger partial charge in [0.15, 0.2) is 5.82 Å². The normalized spacial score (nSPS) is 10.5. The molecule has 0 saturated carbocycles. The van der Waals surface area contributed by atoms with E-state index in [2.05, 4.69) is 20.8 Å². The highest BCUT2D eigenvalue weighted by Crippen LogP contribution is 2.24. The van der Waals surface area contributed by atoms with Crippen LogP contribution >= 0.6 is 11.6 Å². The van der Waals surface area contributed by atoms with E-state index in [9.17, 15) is 14.9 Å². The van der Waals surface area contributed by atoms with Gasteiger partial charge in [-0.1, -0.05) is 23.7 Å². The first-order valence-corrected chi connectivity index (χ1v) is 7.41. The zero-order chi connectivity index (χ0) is 18.0. The summed E-state index contributed by atoms with van der Waals surface area (Å²) in [7, 11) is 1.71. The number of aromatic nitrogens is 4. The first-order valence-electron chi connectivity index (χ1n) is 7.04. The molecule has 0 radical (unpaired) electrons.